The Morgan fingerprint density at radius 1 is 0.971 bits per heavy atom. The molecule has 11 heteroatoms. The molecular formula is C24H20N8O3. The molecule has 0 radical (unpaired) electrons. The Bertz CT molecular complexity index is 1640. The third-order valence-electron chi connectivity index (χ3n) is 5.42. The van der Waals surface area contributed by atoms with Crippen LogP contribution in [0.3, 0.4) is 0 Å². The fourth-order valence-electron chi connectivity index (χ4n) is 3.75. The number of rotatable bonds is 7. The highest BCUT2D eigenvalue weighted by atomic mass is 16.5. The van der Waals surface area contributed by atoms with Crippen LogP contribution in [0.2, 0.25) is 0 Å². The zero-order valence-corrected chi connectivity index (χ0v) is 19.0. The maximum atomic E-state index is 5.99. The van der Waals surface area contributed by atoms with Gasteiger partial charge in [0.05, 0.1) is 25.5 Å². The molecule has 6 aromatic rings. The molecule has 6 rings (SSSR count). The minimum Gasteiger partial charge on any atom is -0.491 e. The molecule has 0 aliphatic heterocycles. The van der Waals surface area contributed by atoms with Crippen molar-refractivity contribution in [1.29, 1.82) is 0 Å². The van der Waals surface area contributed by atoms with Gasteiger partial charge in [-0.1, -0.05) is 35.5 Å². The lowest BCUT2D eigenvalue weighted by Crippen LogP contribution is -2.05. The van der Waals surface area contributed by atoms with Gasteiger partial charge in [0.15, 0.2) is 17.1 Å². The molecule has 35 heavy (non-hydrogen) atoms. The van der Waals surface area contributed by atoms with E-state index in [1.807, 2.05) is 41.2 Å². The van der Waals surface area contributed by atoms with Crippen LogP contribution >= 0.6 is 0 Å². The van der Waals surface area contributed by atoms with Gasteiger partial charge in [-0.25, -0.2) is 4.98 Å². The number of fused-ring (bicyclic) bond motifs is 2. The second kappa shape index (κ2) is 8.52. The third-order valence-corrected chi connectivity index (χ3v) is 5.42. The Morgan fingerprint density at radius 3 is 2.66 bits per heavy atom. The van der Waals surface area contributed by atoms with Gasteiger partial charge in [0.25, 0.3) is 5.88 Å². The van der Waals surface area contributed by atoms with E-state index < -0.39 is 0 Å². The van der Waals surface area contributed by atoms with E-state index >= 15 is 0 Å². The summed E-state index contributed by atoms with van der Waals surface area (Å²) < 4.78 is 20.0. The van der Waals surface area contributed by atoms with E-state index in [-0.39, 0.29) is 12.5 Å². The number of methoxy groups -OCH3 is 1. The molecule has 0 aliphatic carbocycles. The molecule has 0 aliphatic rings. The van der Waals surface area contributed by atoms with E-state index in [9.17, 15) is 0 Å². The first-order chi connectivity index (χ1) is 17.2. The van der Waals surface area contributed by atoms with E-state index in [0.717, 1.165) is 16.7 Å². The number of benzene rings is 1. The van der Waals surface area contributed by atoms with Crippen molar-refractivity contribution in [2.75, 3.05) is 7.11 Å². The molecule has 5 aromatic heterocycles. The van der Waals surface area contributed by atoms with Crippen LogP contribution < -0.4 is 9.47 Å². The second-order valence-corrected chi connectivity index (χ2v) is 7.94. The van der Waals surface area contributed by atoms with Gasteiger partial charge in [-0.2, -0.15) is 9.61 Å². The first kappa shape index (κ1) is 20.8. The molecule has 0 spiro atoms. The third kappa shape index (κ3) is 4.03. The molecule has 0 unspecified atom stereocenters. The summed E-state index contributed by atoms with van der Waals surface area (Å²) in [5, 5.41) is 21.5. The maximum absolute atomic E-state index is 5.99. The molecule has 0 atom stereocenters. The number of aromatic nitrogens is 8. The predicted octanol–water partition coefficient (Wildman–Crippen LogP) is 3.47. The average molecular weight is 468 g/mol. The quantitative estimate of drug-likeness (QED) is 0.347. The van der Waals surface area contributed by atoms with Crippen LogP contribution in [-0.4, -0.2) is 46.8 Å². The molecule has 0 saturated carbocycles. The zero-order valence-electron chi connectivity index (χ0n) is 19.0. The van der Waals surface area contributed by atoms with E-state index in [1.165, 1.54) is 5.56 Å². The molecule has 0 saturated heterocycles. The molecule has 5 heterocycles. The van der Waals surface area contributed by atoms with Crippen molar-refractivity contribution in [3.63, 3.8) is 0 Å². The predicted molar refractivity (Wildman–Crippen MR) is 125 cm³/mol. The largest absolute Gasteiger partial charge is 0.491 e. The lowest BCUT2D eigenvalue weighted by Gasteiger charge is -2.09. The Morgan fingerprint density at radius 2 is 1.86 bits per heavy atom. The highest BCUT2D eigenvalue weighted by molar-refractivity contribution is 5.73. The van der Waals surface area contributed by atoms with Gasteiger partial charge in [-0.05, 0) is 24.6 Å². The van der Waals surface area contributed by atoms with Gasteiger partial charge < -0.3 is 14.0 Å². The summed E-state index contributed by atoms with van der Waals surface area (Å²) >= 11 is 0. The van der Waals surface area contributed by atoms with Gasteiger partial charge >= 0.3 is 0 Å². The van der Waals surface area contributed by atoms with Crippen molar-refractivity contribution in [2.24, 2.45) is 0 Å². The second-order valence-electron chi connectivity index (χ2n) is 7.94. The minimum atomic E-state index is 0.190. The molecule has 0 bridgehead atoms. The van der Waals surface area contributed by atoms with E-state index in [4.69, 9.17) is 19.0 Å². The summed E-state index contributed by atoms with van der Waals surface area (Å²) in [6, 6.07) is 17.5. The van der Waals surface area contributed by atoms with Gasteiger partial charge in [0.1, 0.15) is 23.4 Å². The Balaban J connectivity index is 1.25. The normalized spacial score (nSPS) is 11.4. The lowest BCUT2D eigenvalue weighted by atomic mass is 10.2. The van der Waals surface area contributed by atoms with Crippen molar-refractivity contribution < 1.29 is 14.0 Å². The average Bonchev–Trinajstić information content (AvgIpc) is 3.59. The SMILES string of the molecule is COc1cc2nnc(-c3cc(C)on3)n2nc1OCc1ccc2nn(Cc3ccccc3)cc2n1. The number of nitrogens with zero attached hydrogens (tertiary/aromatic N) is 8. The van der Waals surface area contributed by atoms with Crippen molar-refractivity contribution in [1.82, 2.24) is 39.7 Å². The number of aryl methyl sites for hydroxylation is 1. The number of pyridine rings is 1. The van der Waals surface area contributed by atoms with E-state index in [1.54, 1.807) is 30.7 Å². The molecule has 0 N–H and O–H groups in total. The summed E-state index contributed by atoms with van der Waals surface area (Å²) in [5.74, 6) is 1.82. The summed E-state index contributed by atoms with van der Waals surface area (Å²) in [6.45, 7) is 2.67. The summed E-state index contributed by atoms with van der Waals surface area (Å²) in [7, 11) is 1.55. The lowest BCUT2D eigenvalue weighted by molar-refractivity contribution is 0.264. The van der Waals surface area contributed by atoms with Crippen LogP contribution in [0.15, 0.2) is 65.3 Å². The van der Waals surface area contributed by atoms with Crippen LogP contribution in [0, 0.1) is 6.92 Å². The smallest absolute Gasteiger partial charge is 0.275 e. The number of hydrogen-bond donors (Lipinski definition) is 0. The van der Waals surface area contributed by atoms with E-state index in [2.05, 4.69) is 37.7 Å². The van der Waals surface area contributed by atoms with Crippen LogP contribution in [0.5, 0.6) is 11.6 Å². The molecule has 0 fully saturated rings. The molecule has 11 nitrogen and oxygen atoms in total. The Hall–Kier alpha value is -4.80. The Kier molecular flexibility index (Phi) is 5.06. The van der Waals surface area contributed by atoms with Gasteiger partial charge in [-0.3, -0.25) is 4.68 Å². The Labute approximate surface area is 198 Å². The highest BCUT2D eigenvalue weighted by Gasteiger charge is 2.18. The van der Waals surface area contributed by atoms with Crippen LogP contribution in [-0.2, 0) is 13.2 Å². The van der Waals surface area contributed by atoms with Crippen molar-refractivity contribution in [3.8, 4) is 23.1 Å². The standard InChI is InChI=1S/C24H20N8O3/c1-15-10-19(30-35-15)23-27-26-22-11-21(33-2)24(29-32(22)23)34-14-17-8-9-18-20(25-17)13-31(28-18)12-16-6-4-3-5-7-16/h3-11,13H,12,14H2,1-2H3. The van der Waals surface area contributed by atoms with Crippen LogP contribution in [0.4, 0.5) is 0 Å². The fourth-order valence-corrected chi connectivity index (χ4v) is 3.75. The molecule has 1 aromatic carbocycles. The van der Waals surface area contributed by atoms with Gasteiger partial charge in [-0.15, -0.1) is 15.3 Å². The van der Waals surface area contributed by atoms with Gasteiger partial charge in [0, 0.05) is 12.1 Å². The fraction of sp³-hybridized carbons (Fsp3) is 0.167. The summed E-state index contributed by atoms with van der Waals surface area (Å²) in [5.41, 5.74) is 4.54. The monoisotopic (exact) mass is 468 g/mol. The first-order valence-electron chi connectivity index (χ1n) is 10.9. The zero-order chi connectivity index (χ0) is 23.8. The topological polar surface area (TPSA) is 118 Å². The maximum Gasteiger partial charge on any atom is 0.275 e. The number of ether oxygens (including phenoxy) is 2. The molecule has 174 valence electrons. The molecule has 0 amide bonds. The van der Waals surface area contributed by atoms with Crippen LogP contribution in [0.25, 0.3) is 28.2 Å². The first-order valence-corrected chi connectivity index (χ1v) is 10.9. The minimum absolute atomic E-state index is 0.190. The van der Waals surface area contributed by atoms with Crippen molar-refractivity contribution in [3.05, 3.63) is 77.8 Å². The van der Waals surface area contributed by atoms with Crippen LogP contribution in [0.1, 0.15) is 17.0 Å². The summed E-state index contributed by atoms with van der Waals surface area (Å²) in [4.78, 5) is 4.70. The molecular weight excluding hydrogens is 448 g/mol. The number of hydrogen-bond acceptors (Lipinski definition) is 9. The highest BCUT2D eigenvalue weighted by Crippen LogP contribution is 2.28. The van der Waals surface area contributed by atoms with E-state index in [0.29, 0.717) is 35.2 Å². The summed E-state index contributed by atoms with van der Waals surface area (Å²) in [6.07, 6.45) is 1.93. The van der Waals surface area contributed by atoms with Gasteiger partial charge in [0.2, 0.25) is 5.82 Å². The van der Waals surface area contributed by atoms with Crippen molar-refractivity contribution in [2.45, 2.75) is 20.1 Å². The van der Waals surface area contributed by atoms with Crippen molar-refractivity contribution >= 4 is 16.7 Å².